The molecule has 4 heteroatoms. The van der Waals surface area contributed by atoms with Gasteiger partial charge in [-0.25, -0.2) is 0 Å². The van der Waals surface area contributed by atoms with Gasteiger partial charge in [-0.15, -0.1) is 0 Å². The lowest BCUT2D eigenvalue weighted by Crippen LogP contribution is -2.11. The molecule has 0 amide bonds. The molecule has 0 unspecified atom stereocenters. The summed E-state index contributed by atoms with van der Waals surface area (Å²) < 4.78 is 11.8. The van der Waals surface area contributed by atoms with Crippen molar-refractivity contribution in [2.24, 2.45) is 0 Å². The predicted octanol–water partition coefficient (Wildman–Crippen LogP) is 4.26. The summed E-state index contributed by atoms with van der Waals surface area (Å²) >= 11 is 3.47. The minimum atomic E-state index is 0.596. The molecule has 0 aliphatic carbocycles. The molecule has 20 heavy (non-hydrogen) atoms. The van der Waals surface area contributed by atoms with Crippen molar-refractivity contribution in [3.63, 3.8) is 0 Å². The molecular formula is C16H18BrNO2. The fourth-order valence-electron chi connectivity index (χ4n) is 1.75. The zero-order valence-electron chi connectivity index (χ0n) is 11.7. The van der Waals surface area contributed by atoms with Gasteiger partial charge in [0.2, 0.25) is 0 Å². The zero-order valence-corrected chi connectivity index (χ0v) is 13.2. The summed E-state index contributed by atoms with van der Waals surface area (Å²) in [5.74, 6) is 1.62. The molecule has 0 aromatic heterocycles. The quantitative estimate of drug-likeness (QED) is 0.800. The van der Waals surface area contributed by atoms with Crippen molar-refractivity contribution in [2.45, 2.75) is 6.92 Å². The standard InChI is InChI=1S/C16H18BrNO2/c1-12-3-5-13(6-4-12)18-9-10-20-16-8-7-14(19-2)11-15(16)17/h3-8,11,18H,9-10H2,1-2H3. The topological polar surface area (TPSA) is 30.5 Å². The van der Waals surface area contributed by atoms with Crippen molar-refractivity contribution < 1.29 is 9.47 Å². The Bertz CT molecular complexity index is 555. The Morgan fingerprint density at radius 2 is 1.85 bits per heavy atom. The van der Waals surface area contributed by atoms with Gasteiger partial charge in [-0.3, -0.25) is 0 Å². The summed E-state index contributed by atoms with van der Waals surface area (Å²) in [6.45, 7) is 3.43. The van der Waals surface area contributed by atoms with Crippen LogP contribution in [-0.2, 0) is 0 Å². The summed E-state index contributed by atoms with van der Waals surface area (Å²) in [5.41, 5.74) is 2.36. The molecule has 0 saturated heterocycles. The molecule has 0 fully saturated rings. The Morgan fingerprint density at radius 3 is 2.50 bits per heavy atom. The van der Waals surface area contributed by atoms with Gasteiger partial charge in [-0.05, 0) is 53.2 Å². The van der Waals surface area contributed by atoms with Crippen LogP contribution in [0.5, 0.6) is 11.5 Å². The number of methoxy groups -OCH3 is 1. The molecule has 2 aromatic carbocycles. The number of hydrogen-bond donors (Lipinski definition) is 1. The van der Waals surface area contributed by atoms with Crippen LogP contribution in [0.3, 0.4) is 0 Å². The van der Waals surface area contributed by atoms with Crippen LogP contribution in [0.15, 0.2) is 46.9 Å². The molecule has 0 saturated carbocycles. The van der Waals surface area contributed by atoms with E-state index in [0.29, 0.717) is 6.61 Å². The first kappa shape index (κ1) is 14.7. The highest BCUT2D eigenvalue weighted by Gasteiger charge is 2.02. The van der Waals surface area contributed by atoms with E-state index in [2.05, 4.69) is 52.4 Å². The van der Waals surface area contributed by atoms with E-state index in [1.54, 1.807) is 7.11 Å². The predicted molar refractivity (Wildman–Crippen MR) is 85.9 cm³/mol. The maximum absolute atomic E-state index is 5.72. The molecule has 0 aliphatic heterocycles. The molecule has 0 atom stereocenters. The van der Waals surface area contributed by atoms with E-state index in [0.717, 1.165) is 28.2 Å². The first-order valence-electron chi connectivity index (χ1n) is 6.46. The lowest BCUT2D eigenvalue weighted by Gasteiger charge is -2.11. The SMILES string of the molecule is COc1ccc(OCCNc2ccc(C)cc2)c(Br)c1. The van der Waals surface area contributed by atoms with Crippen molar-refractivity contribution in [1.29, 1.82) is 0 Å². The maximum Gasteiger partial charge on any atom is 0.133 e. The molecule has 2 aromatic rings. The number of benzene rings is 2. The smallest absolute Gasteiger partial charge is 0.133 e. The van der Waals surface area contributed by atoms with Gasteiger partial charge in [0, 0.05) is 12.2 Å². The van der Waals surface area contributed by atoms with Crippen LogP contribution in [0.1, 0.15) is 5.56 Å². The van der Waals surface area contributed by atoms with Gasteiger partial charge in [-0.1, -0.05) is 17.7 Å². The van der Waals surface area contributed by atoms with Crippen LogP contribution in [0.2, 0.25) is 0 Å². The molecule has 0 spiro atoms. The van der Waals surface area contributed by atoms with Gasteiger partial charge in [0.15, 0.2) is 0 Å². The van der Waals surface area contributed by atoms with Crippen molar-refractivity contribution in [3.8, 4) is 11.5 Å². The van der Waals surface area contributed by atoms with E-state index in [9.17, 15) is 0 Å². The number of aryl methyl sites for hydroxylation is 1. The highest BCUT2D eigenvalue weighted by Crippen LogP contribution is 2.28. The second-order valence-corrected chi connectivity index (χ2v) is 5.29. The number of hydrogen-bond acceptors (Lipinski definition) is 3. The van der Waals surface area contributed by atoms with Crippen LogP contribution < -0.4 is 14.8 Å². The minimum absolute atomic E-state index is 0.596. The van der Waals surface area contributed by atoms with Gasteiger partial charge in [0.1, 0.15) is 18.1 Å². The van der Waals surface area contributed by atoms with Gasteiger partial charge in [-0.2, -0.15) is 0 Å². The highest BCUT2D eigenvalue weighted by molar-refractivity contribution is 9.10. The van der Waals surface area contributed by atoms with Crippen molar-refractivity contribution in [1.82, 2.24) is 0 Å². The second kappa shape index (κ2) is 7.20. The summed E-state index contributed by atoms with van der Waals surface area (Å²) in [4.78, 5) is 0. The van der Waals surface area contributed by atoms with Gasteiger partial charge < -0.3 is 14.8 Å². The van der Waals surface area contributed by atoms with Crippen molar-refractivity contribution in [2.75, 3.05) is 25.6 Å². The third-order valence-electron chi connectivity index (χ3n) is 2.88. The molecule has 0 radical (unpaired) electrons. The van der Waals surface area contributed by atoms with Crippen molar-refractivity contribution in [3.05, 3.63) is 52.5 Å². The van der Waals surface area contributed by atoms with Crippen LogP contribution in [0.25, 0.3) is 0 Å². The van der Waals surface area contributed by atoms with Crippen LogP contribution >= 0.6 is 15.9 Å². The van der Waals surface area contributed by atoms with E-state index in [-0.39, 0.29) is 0 Å². The van der Waals surface area contributed by atoms with Crippen LogP contribution in [0, 0.1) is 6.92 Å². The van der Waals surface area contributed by atoms with E-state index in [1.807, 2.05) is 18.2 Å². The Morgan fingerprint density at radius 1 is 1.10 bits per heavy atom. The average Bonchev–Trinajstić information content (AvgIpc) is 2.46. The lowest BCUT2D eigenvalue weighted by atomic mass is 10.2. The number of nitrogens with one attached hydrogen (secondary N) is 1. The summed E-state index contributed by atoms with van der Waals surface area (Å²) in [6, 6.07) is 14.0. The molecule has 0 aliphatic rings. The van der Waals surface area contributed by atoms with E-state index in [1.165, 1.54) is 5.56 Å². The third-order valence-corrected chi connectivity index (χ3v) is 3.50. The zero-order chi connectivity index (χ0) is 14.4. The van der Waals surface area contributed by atoms with Gasteiger partial charge in [0.25, 0.3) is 0 Å². The van der Waals surface area contributed by atoms with Crippen molar-refractivity contribution >= 4 is 21.6 Å². The average molecular weight is 336 g/mol. The van der Waals surface area contributed by atoms with E-state index < -0.39 is 0 Å². The number of anilines is 1. The third kappa shape index (κ3) is 4.17. The molecule has 1 N–H and O–H groups in total. The fraction of sp³-hybridized carbons (Fsp3) is 0.250. The summed E-state index contributed by atoms with van der Waals surface area (Å²) in [7, 11) is 1.65. The molecule has 106 valence electrons. The normalized spacial score (nSPS) is 10.2. The highest BCUT2D eigenvalue weighted by atomic mass is 79.9. The minimum Gasteiger partial charge on any atom is -0.497 e. The second-order valence-electron chi connectivity index (χ2n) is 4.44. The molecule has 3 nitrogen and oxygen atoms in total. The fourth-order valence-corrected chi connectivity index (χ4v) is 2.23. The largest absolute Gasteiger partial charge is 0.497 e. The molecule has 0 heterocycles. The van der Waals surface area contributed by atoms with Gasteiger partial charge in [0.05, 0.1) is 11.6 Å². The van der Waals surface area contributed by atoms with Crippen LogP contribution in [0.4, 0.5) is 5.69 Å². The Kier molecular flexibility index (Phi) is 5.30. The monoisotopic (exact) mass is 335 g/mol. The van der Waals surface area contributed by atoms with Gasteiger partial charge >= 0.3 is 0 Å². The van der Waals surface area contributed by atoms with Crippen LogP contribution in [-0.4, -0.2) is 20.3 Å². The Balaban J connectivity index is 1.79. The molecule has 0 bridgehead atoms. The number of halogens is 1. The van der Waals surface area contributed by atoms with E-state index >= 15 is 0 Å². The first-order chi connectivity index (χ1) is 9.69. The molecule has 2 rings (SSSR count). The Labute approximate surface area is 128 Å². The molecular weight excluding hydrogens is 318 g/mol. The lowest BCUT2D eigenvalue weighted by molar-refractivity contribution is 0.329. The Hall–Kier alpha value is -1.68. The number of rotatable bonds is 6. The summed E-state index contributed by atoms with van der Waals surface area (Å²) in [6.07, 6.45) is 0. The van der Waals surface area contributed by atoms with E-state index in [4.69, 9.17) is 9.47 Å². The first-order valence-corrected chi connectivity index (χ1v) is 7.25. The summed E-state index contributed by atoms with van der Waals surface area (Å²) in [5, 5.41) is 3.32. The number of ether oxygens (including phenoxy) is 2. The maximum atomic E-state index is 5.72.